The monoisotopic (exact) mass is 292 g/mol. The highest BCUT2D eigenvalue weighted by Crippen LogP contribution is 2.31. The Balaban J connectivity index is 1.91. The third-order valence-electron chi connectivity index (χ3n) is 4.13. The van der Waals surface area contributed by atoms with Crippen molar-refractivity contribution in [2.45, 2.75) is 51.2 Å². The van der Waals surface area contributed by atoms with E-state index in [2.05, 4.69) is 5.32 Å². The van der Waals surface area contributed by atoms with Crippen LogP contribution in [-0.4, -0.2) is 42.7 Å². The molecular weight excluding hydrogens is 269 g/mol. The van der Waals surface area contributed by atoms with Crippen LogP contribution in [0.25, 0.3) is 0 Å². The fourth-order valence-electron chi connectivity index (χ4n) is 2.78. The highest BCUT2D eigenvalue weighted by atomic mass is 19.4. The van der Waals surface area contributed by atoms with Crippen LogP contribution in [0.5, 0.6) is 0 Å². The minimum absolute atomic E-state index is 0.0745. The number of alkyl halides is 3. The van der Waals surface area contributed by atoms with Crippen molar-refractivity contribution in [3.05, 3.63) is 0 Å². The van der Waals surface area contributed by atoms with Crippen LogP contribution in [0.4, 0.5) is 13.2 Å². The molecule has 116 valence electrons. The fraction of sp³-hybridized carbons (Fsp3) is 0.929. The molecule has 0 aromatic rings. The SMILES string of the molecule is C[C@H]1C[C@@H](C(=O)N(CCC(F)(F)F)CC2CC2)CCN1. The van der Waals surface area contributed by atoms with Crippen LogP contribution in [0.15, 0.2) is 0 Å². The highest BCUT2D eigenvalue weighted by molar-refractivity contribution is 5.79. The Morgan fingerprint density at radius 1 is 1.30 bits per heavy atom. The zero-order chi connectivity index (χ0) is 14.8. The Bertz CT molecular complexity index is 342. The maximum absolute atomic E-state index is 12.5. The van der Waals surface area contributed by atoms with Crippen LogP contribution in [0.1, 0.15) is 39.0 Å². The van der Waals surface area contributed by atoms with Crippen molar-refractivity contribution in [2.75, 3.05) is 19.6 Å². The molecule has 1 saturated carbocycles. The van der Waals surface area contributed by atoms with Crippen LogP contribution in [0, 0.1) is 11.8 Å². The number of halogens is 3. The molecular formula is C14H23F3N2O. The van der Waals surface area contributed by atoms with Gasteiger partial charge in [-0.1, -0.05) is 0 Å². The maximum atomic E-state index is 12.5. The smallest absolute Gasteiger partial charge is 0.342 e. The molecule has 0 aromatic heterocycles. The molecule has 1 aliphatic carbocycles. The minimum Gasteiger partial charge on any atom is -0.342 e. The molecule has 0 bridgehead atoms. The third kappa shape index (κ3) is 4.96. The zero-order valence-electron chi connectivity index (χ0n) is 11.9. The highest BCUT2D eigenvalue weighted by Gasteiger charge is 2.35. The third-order valence-corrected chi connectivity index (χ3v) is 4.13. The van der Waals surface area contributed by atoms with Gasteiger partial charge in [0.2, 0.25) is 5.91 Å². The molecule has 0 spiro atoms. The summed E-state index contributed by atoms with van der Waals surface area (Å²) in [5.41, 5.74) is 0. The second-order valence-corrected chi connectivity index (χ2v) is 6.17. The summed E-state index contributed by atoms with van der Waals surface area (Å²) in [6.45, 7) is 3.11. The average molecular weight is 292 g/mol. The van der Waals surface area contributed by atoms with E-state index in [0.717, 1.165) is 32.2 Å². The maximum Gasteiger partial charge on any atom is 0.390 e. The first-order chi connectivity index (χ1) is 9.35. The van der Waals surface area contributed by atoms with E-state index in [-0.39, 0.29) is 24.4 Å². The van der Waals surface area contributed by atoms with Crippen molar-refractivity contribution >= 4 is 5.91 Å². The van der Waals surface area contributed by atoms with E-state index in [1.165, 1.54) is 4.90 Å². The summed E-state index contributed by atoms with van der Waals surface area (Å²) in [5.74, 6) is 0.235. The molecule has 0 radical (unpaired) electrons. The number of rotatable bonds is 5. The Hall–Kier alpha value is -0.780. The van der Waals surface area contributed by atoms with Gasteiger partial charge in [0.1, 0.15) is 0 Å². The van der Waals surface area contributed by atoms with Gasteiger partial charge in [0.25, 0.3) is 0 Å². The lowest BCUT2D eigenvalue weighted by Crippen LogP contribution is -2.45. The van der Waals surface area contributed by atoms with Gasteiger partial charge in [0, 0.05) is 25.0 Å². The van der Waals surface area contributed by atoms with E-state index in [0.29, 0.717) is 12.5 Å². The van der Waals surface area contributed by atoms with Gasteiger partial charge < -0.3 is 10.2 Å². The van der Waals surface area contributed by atoms with E-state index in [9.17, 15) is 18.0 Å². The summed E-state index contributed by atoms with van der Waals surface area (Å²) in [6.07, 6.45) is -1.55. The number of carbonyl (C=O) groups is 1. The molecule has 1 aliphatic heterocycles. The Labute approximate surface area is 117 Å². The van der Waals surface area contributed by atoms with Gasteiger partial charge in [0.15, 0.2) is 0 Å². The van der Waals surface area contributed by atoms with Crippen molar-refractivity contribution in [1.29, 1.82) is 0 Å². The first kappa shape index (κ1) is 15.6. The van der Waals surface area contributed by atoms with Crippen LogP contribution in [0.3, 0.4) is 0 Å². The molecule has 2 atom stereocenters. The number of piperidine rings is 1. The first-order valence-corrected chi connectivity index (χ1v) is 7.44. The topological polar surface area (TPSA) is 32.3 Å². The molecule has 0 aromatic carbocycles. The van der Waals surface area contributed by atoms with Crippen molar-refractivity contribution in [2.24, 2.45) is 11.8 Å². The fourth-order valence-corrected chi connectivity index (χ4v) is 2.78. The number of hydrogen-bond acceptors (Lipinski definition) is 2. The number of amides is 1. The number of carbonyl (C=O) groups excluding carboxylic acids is 1. The molecule has 0 unspecified atom stereocenters. The minimum atomic E-state index is -4.19. The van der Waals surface area contributed by atoms with Crippen LogP contribution < -0.4 is 5.32 Å². The predicted octanol–water partition coefficient (Wildman–Crippen LogP) is 2.57. The molecule has 2 aliphatic rings. The number of nitrogens with zero attached hydrogens (tertiary/aromatic N) is 1. The van der Waals surface area contributed by atoms with Crippen LogP contribution in [0.2, 0.25) is 0 Å². The normalized spacial score (nSPS) is 27.4. The largest absolute Gasteiger partial charge is 0.390 e. The summed E-state index contributed by atoms with van der Waals surface area (Å²) in [6, 6.07) is 0.267. The van der Waals surface area contributed by atoms with Gasteiger partial charge in [-0.2, -0.15) is 13.2 Å². The lowest BCUT2D eigenvalue weighted by Gasteiger charge is -2.32. The molecule has 1 N–H and O–H groups in total. The Morgan fingerprint density at radius 3 is 2.55 bits per heavy atom. The summed E-state index contributed by atoms with van der Waals surface area (Å²) in [5, 5.41) is 3.26. The molecule has 1 heterocycles. The van der Waals surface area contributed by atoms with E-state index >= 15 is 0 Å². The first-order valence-electron chi connectivity index (χ1n) is 7.44. The molecule has 6 heteroatoms. The summed E-state index contributed by atoms with van der Waals surface area (Å²) < 4.78 is 37.2. The number of hydrogen-bond donors (Lipinski definition) is 1. The quantitative estimate of drug-likeness (QED) is 0.844. The van der Waals surface area contributed by atoms with Crippen molar-refractivity contribution in [3.8, 4) is 0 Å². The lowest BCUT2D eigenvalue weighted by molar-refractivity contribution is -0.148. The van der Waals surface area contributed by atoms with E-state index < -0.39 is 12.6 Å². The zero-order valence-corrected chi connectivity index (χ0v) is 11.9. The predicted molar refractivity (Wildman–Crippen MR) is 70.2 cm³/mol. The van der Waals surface area contributed by atoms with Crippen LogP contribution in [-0.2, 0) is 4.79 Å². The molecule has 2 rings (SSSR count). The lowest BCUT2D eigenvalue weighted by atomic mass is 9.92. The van der Waals surface area contributed by atoms with Gasteiger partial charge >= 0.3 is 6.18 Å². The molecule has 1 saturated heterocycles. The number of nitrogens with one attached hydrogen (secondary N) is 1. The van der Waals surface area contributed by atoms with Gasteiger partial charge in [-0.3, -0.25) is 4.79 Å². The molecule has 20 heavy (non-hydrogen) atoms. The van der Waals surface area contributed by atoms with E-state index in [1.54, 1.807) is 0 Å². The van der Waals surface area contributed by atoms with Gasteiger partial charge in [-0.05, 0) is 45.1 Å². The Kier molecular flexibility index (Phi) is 4.94. The summed E-state index contributed by atoms with van der Waals surface area (Å²) in [7, 11) is 0. The molecule has 3 nitrogen and oxygen atoms in total. The molecule has 2 fully saturated rings. The Morgan fingerprint density at radius 2 is 2.00 bits per heavy atom. The van der Waals surface area contributed by atoms with Gasteiger partial charge in [-0.25, -0.2) is 0 Å². The van der Waals surface area contributed by atoms with Gasteiger partial charge in [0.05, 0.1) is 6.42 Å². The molecule has 1 amide bonds. The average Bonchev–Trinajstić information content (AvgIpc) is 3.16. The summed E-state index contributed by atoms with van der Waals surface area (Å²) >= 11 is 0. The van der Waals surface area contributed by atoms with Crippen molar-refractivity contribution in [3.63, 3.8) is 0 Å². The summed E-state index contributed by atoms with van der Waals surface area (Å²) in [4.78, 5) is 13.9. The standard InChI is InChI=1S/C14H23F3N2O/c1-10-8-12(4-6-18-10)13(20)19(9-11-2-3-11)7-5-14(15,16)17/h10-12,18H,2-9H2,1H3/t10-,12-/m0/s1. The second-order valence-electron chi connectivity index (χ2n) is 6.17. The van der Waals surface area contributed by atoms with Crippen molar-refractivity contribution < 1.29 is 18.0 Å². The van der Waals surface area contributed by atoms with Crippen LogP contribution >= 0.6 is 0 Å². The van der Waals surface area contributed by atoms with E-state index in [4.69, 9.17) is 0 Å². The van der Waals surface area contributed by atoms with Gasteiger partial charge in [-0.15, -0.1) is 0 Å². The second kappa shape index (κ2) is 6.33. The van der Waals surface area contributed by atoms with Crippen molar-refractivity contribution in [1.82, 2.24) is 10.2 Å². The van der Waals surface area contributed by atoms with E-state index in [1.807, 2.05) is 6.92 Å².